The van der Waals surface area contributed by atoms with E-state index in [-0.39, 0.29) is 12.2 Å². The molecule has 2 atom stereocenters. The summed E-state index contributed by atoms with van der Waals surface area (Å²) in [6.07, 6.45) is 4.10. The lowest BCUT2D eigenvalue weighted by Crippen LogP contribution is -2.42. The molecule has 2 aromatic heterocycles. The molecule has 1 fully saturated rings. The number of H-pyrrole nitrogens is 1. The highest BCUT2D eigenvalue weighted by molar-refractivity contribution is 6.04. The van der Waals surface area contributed by atoms with Gasteiger partial charge >= 0.3 is 6.09 Å². The molecule has 0 unspecified atom stereocenters. The second kappa shape index (κ2) is 9.19. The van der Waals surface area contributed by atoms with Crippen LogP contribution in [0.2, 0.25) is 0 Å². The number of aromatic nitrogens is 4. The highest BCUT2D eigenvalue weighted by atomic mass is 19.1. The number of nitrogens with one attached hydrogen (secondary N) is 1. The van der Waals surface area contributed by atoms with Crippen molar-refractivity contribution in [2.24, 2.45) is 0 Å². The summed E-state index contributed by atoms with van der Waals surface area (Å²) in [6.45, 7) is 1.71. The number of carbonyl (C=O) groups excluding carboxylic acids is 2. The first-order valence-electron chi connectivity index (χ1n) is 12.1. The van der Waals surface area contributed by atoms with Gasteiger partial charge in [0.15, 0.2) is 5.82 Å². The summed E-state index contributed by atoms with van der Waals surface area (Å²) in [5.74, 6) is -0.740. The van der Waals surface area contributed by atoms with Crippen LogP contribution in [0.25, 0.3) is 22.2 Å². The summed E-state index contributed by atoms with van der Waals surface area (Å²) >= 11 is 0. The number of hydrogen-bond donors (Lipinski definition) is 1. The minimum Gasteiger partial charge on any atom is -0.424 e. The highest BCUT2D eigenvalue weighted by Gasteiger charge is 2.58. The number of imide groups is 1. The first-order valence-corrected chi connectivity index (χ1v) is 12.1. The monoisotopic (exact) mass is 507 g/mol. The van der Waals surface area contributed by atoms with Gasteiger partial charge in [-0.05, 0) is 36.2 Å². The van der Waals surface area contributed by atoms with Crippen LogP contribution in [0.3, 0.4) is 0 Å². The Kier molecular flexibility index (Phi) is 5.68. The summed E-state index contributed by atoms with van der Waals surface area (Å²) in [5, 5.41) is 0. The van der Waals surface area contributed by atoms with E-state index in [0.29, 0.717) is 16.6 Å². The van der Waals surface area contributed by atoms with Crippen LogP contribution >= 0.6 is 0 Å². The van der Waals surface area contributed by atoms with E-state index in [1.165, 1.54) is 18.5 Å². The fourth-order valence-electron chi connectivity index (χ4n) is 4.87. The van der Waals surface area contributed by atoms with Crippen LogP contribution in [0.1, 0.15) is 29.9 Å². The molecule has 8 nitrogen and oxygen atoms in total. The Labute approximate surface area is 217 Å². The van der Waals surface area contributed by atoms with Crippen LogP contribution < -0.4 is 0 Å². The van der Waals surface area contributed by atoms with Crippen molar-refractivity contribution in [1.82, 2.24) is 24.8 Å². The quantitative estimate of drug-likeness (QED) is 0.333. The third kappa shape index (κ3) is 3.88. The lowest BCUT2D eigenvalue weighted by molar-refractivity contribution is -0.139. The molecule has 1 aliphatic rings. The fraction of sp³-hybridized carbons (Fsp3) is 0.138. The molecule has 0 spiro atoms. The van der Waals surface area contributed by atoms with E-state index in [4.69, 9.17) is 9.72 Å². The molecule has 3 heterocycles. The normalized spacial score (nSPS) is 18.1. The summed E-state index contributed by atoms with van der Waals surface area (Å²) in [6, 6.07) is 19.9. The molecule has 1 saturated heterocycles. The van der Waals surface area contributed by atoms with Crippen LogP contribution in [-0.4, -0.2) is 36.8 Å². The number of aromatic amines is 1. The van der Waals surface area contributed by atoms with Crippen molar-refractivity contribution >= 4 is 23.0 Å². The number of ether oxygens (including phenoxy) is 1. The zero-order valence-electron chi connectivity index (χ0n) is 20.3. The SMILES string of the molecule is C[C@H](c1ccc(F)cc1)N1C(=O)O[C@](Cc2ccccc2)(c2nc3c(-c4cncnc4)cccc3[nH]2)C1=O. The maximum absolute atomic E-state index is 14.2. The Balaban J connectivity index is 1.48. The maximum Gasteiger partial charge on any atom is 0.418 e. The van der Waals surface area contributed by atoms with E-state index in [2.05, 4.69) is 15.0 Å². The van der Waals surface area contributed by atoms with Crippen molar-refractivity contribution in [1.29, 1.82) is 0 Å². The van der Waals surface area contributed by atoms with E-state index in [9.17, 15) is 14.0 Å². The van der Waals surface area contributed by atoms with E-state index in [1.54, 1.807) is 31.5 Å². The average Bonchev–Trinajstić information content (AvgIpc) is 3.49. The zero-order valence-corrected chi connectivity index (χ0v) is 20.3. The van der Waals surface area contributed by atoms with Crippen LogP contribution in [-0.2, 0) is 21.6 Å². The van der Waals surface area contributed by atoms with Gasteiger partial charge in [-0.25, -0.2) is 29.0 Å². The largest absolute Gasteiger partial charge is 0.424 e. The lowest BCUT2D eigenvalue weighted by Gasteiger charge is -2.25. The van der Waals surface area contributed by atoms with Gasteiger partial charge in [-0.1, -0.05) is 54.6 Å². The molecule has 1 N–H and O–H groups in total. The number of benzene rings is 3. The van der Waals surface area contributed by atoms with Crippen molar-refractivity contribution < 1.29 is 18.7 Å². The van der Waals surface area contributed by atoms with E-state index >= 15 is 0 Å². The molecule has 0 bridgehead atoms. The van der Waals surface area contributed by atoms with Crippen molar-refractivity contribution in [3.63, 3.8) is 0 Å². The van der Waals surface area contributed by atoms with Gasteiger partial charge in [0.2, 0.25) is 0 Å². The number of carbonyl (C=O) groups is 2. The maximum atomic E-state index is 14.2. The summed E-state index contributed by atoms with van der Waals surface area (Å²) in [4.78, 5) is 44.8. The van der Waals surface area contributed by atoms with Gasteiger partial charge in [0.05, 0.1) is 17.1 Å². The third-order valence-electron chi connectivity index (χ3n) is 6.82. The summed E-state index contributed by atoms with van der Waals surface area (Å²) in [5.41, 5.74) is 2.46. The van der Waals surface area contributed by atoms with Gasteiger partial charge in [0.25, 0.3) is 11.5 Å². The Morgan fingerprint density at radius 2 is 1.71 bits per heavy atom. The van der Waals surface area contributed by atoms with Crippen LogP contribution in [0.15, 0.2) is 91.5 Å². The number of hydrogen-bond acceptors (Lipinski definition) is 6. The number of rotatable bonds is 6. The van der Waals surface area contributed by atoms with Gasteiger partial charge in [-0.15, -0.1) is 0 Å². The van der Waals surface area contributed by atoms with Crippen molar-refractivity contribution in [2.75, 3.05) is 0 Å². The molecule has 0 radical (unpaired) electrons. The van der Waals surface area contributed by atoms with Gasteiger partial charge in [-0.3, -0.25) is 4.79 Å². The highest BCUT2D eigenvalue weighted by Crippen LogP contribution is 2.41. The van der Waals surface area contributed by atoms with Gasteiger partial charge in [-0.2, -0.15) is 0 Å². The minimum atomic E-state index is -1.73. The number of imidazole rings is 1. The van der Waals surface area contributed by atoms with Gasteiger partial charge in [0.1, 0.15) is 12.1 Å². The first-order chi connectivity index (χ1) is 18.5. The van der Waals surface area contributed by atoms with Gasteiger partial charge in [0, 0.05) is 29.9 Å². The molecule has 6 rings (SSSR count). The van der Waals surface area contributed by atoms with Crippen LogP contribution in [0.4, 0.5) is 9.18 Å². The second-order valence-corrected chi connectivity index (χ2v) is 9.17. The predicted octanol–water partition coefficient (Wildman–Crippen LogP) is 5.34. The summed E-state index contributed by atoms with van der Waals surface area (Å²) < 4.78 is 19.5. The van der Waals surface area contributed by atoms with E-state index in [0.717, 1.165) is 21.6 Å². The van der Waals surface area contributed by atoms with Crippen molar-refractivity contribution in [2.45, 2.75) is 25.0 Å². The first kappa shape index (κ1) is 23.5. The molecule has 2 amide bonds. The molecule has 0 aliphatic carbocycles. The number of para-hydroxylation sites is 1. The Hall–Kier alpha value is -4.92. The number of nitrogens with zero attached hydrogens (tertiary/aromatic N) is 4. The zero-order chi connectivity index (χ0) is 26.3. The second-order valence-electron chi connectivity index (χ2n) is 9.17. The fourth-order valence-corrected chi connectivity index (χ4v) is 4.87. The molecule has 188 valence electrons. The Morgan fingerprint density at radius 3 is 2.45 bits per heavy atom. The van der Waals surface area contributed by atoms with E-state index in [1.807, 2.05) is 48.5 Å². The molecule has 9 heteroatoms. The Morgan fingerprint density at radius 1 is 0.974 bits per heavy atom. The number of amides is 2. The van der Waals surface area contributed by atoms with Crippen molar-refractivity contribution in [3.8, 4) is 11.1 Å². The van der Waals surface area contributed by atoms with Crippen LogP contribution in [0.5, 0.6) is 0 Å². The van der Waals surface area contributed by atoms with Gasteiger partial charge < -0.3 is 9.72 Å². The van der Waals surface area contributed by atoms with E-state index < -0.39 is 29.5 Å². The molecular formula is C29H22FN5O3. The third-order valence-corrected chi connectivity index (χ3v) is 6.82. The minimum absolute atomic E-state index is 0.0780. The van der Waals surface area contributed by atoms with Crippen molar-refractivity contribution in [3.05, 3.63) is 114 Å². The molecule has 0 saturated carbocycles. The standard InChI is InChI=1S/C29H22FN5O3/c1-18(20-10-12-22(30)13-11-20)35-27(36)29(38-28(35)37,14-19-6-3-2-4-7-19)26-33-24-9-5-8-23(25(24)34-26)21-15-31-17-32-16-21/h2-13,15-18H,14H2,1H3,(H,33,34)/t18-,29-/m1/s1. The number of halogens is 1. The van der Waals surface area contributed by atoms with Crippen LogP contribution in [0, 0.1) is 5.82 Å². The molecule has 38 heavy (non-hydrogen) atoms. The lowest BCUT2D eigenvalue weighted by atomic mass is 9.92. The molecule has 1 aliphatic heterocycles. The summed E-state index contributed by atoms with van der Waals surface area (Å²) in [7, 11) is 0. The Bertz CT molecular complexity index is 1640. The number of fused-ring (bicyclic) bond motifs is 1. The topological polar surface area (TPSA) is 101 Å². The molecule has 3 aromatic carbocycles. The number of cyclic esters (lactones) is 1. The smallest absolute Gasteiger partial charge is 0.418 e. The molecular weight excluding hydrogens is 485 g/mol. The average molecular weight is 508 g/mol. The molecule has 5 aromatic rings. The predicted molar refractivity (Wildman–Crippen MR) is 137 cm³/mol.